The van der Waals surface area contributed by atoms with Gasteiger partial charge < -0.3 is 5.73 Å². The van der Waals surface area contributed by atoms with Crippen molar-refractivity contribution in [3.8, 4) is 0 Å². The minimum absolute atomic E-state index is 0.0373. The molecule has 0 saturated heterocycles. The van der Waals surface area contributed by atoms with Gasteiger partial charge in [-0.15, -0.1) is 0 Å². The Morgan fingerprint density at radius 1 is 1.38 bits per heavy atom. The first kappa shape index (κ1) is 11.0. The van der Waals surface area contributed by atoms with E-state index in [1.165, 1.54) is 6.07 Å². The maximum atomic E-state index is 13.8. The lowest BCUT2D eigenvalue weighted by Crippen LogP contribution is -2.17. The number of halogens is 1. The molecule has 0 amide bonds. The molecule has 0 bridgehead atoms. The molecule has 1 heterocycles. The van der Waals surface area contributed by atoms with E-state index in [4.69, 9.17) is 5.73 Å². The molecule has 3 heteroatoms. The third-order valence-corrected chi connectivity index (χ3v) is 2.50. The van der Waals surface area contributed by atoms with E-state index >= 15 is 0 Å². The predicted molar refractivity (Wildman–Crippen MR) is 63.8 cm³/mol. The van der Waals surface area contributed by atoms with Crippen molar-refractivity contribution < 1.29 is 4.39 Å². The van der Waals surface area contributed by atoms with Gasteiger partial charge >= 0.3 is 0 Å². The first-order valence-corrected chi connectivity index (χ1v) is 5.37. The van der Waals surface area contributed by atoms with Crippen molar-refractivity contribution >= 4 is 10.9 Å². The van der Waals surface area contributed by atoms with E-state index in [-0.39, 0.29) is 11.9 Å². The van der Waals surface area contributed by atoms with Gasteiger partial charge in [0, 0.05) is 17.1 Å². The number of fused-ring (bicyclic) bond motifs is 1. The molecule has 0 saturated carbocycles. The summed E-state index contributed by atoms with van der Waals surface area (Å²) in [7, 11) is 0. The number of aromatic nitrogens is 1. The average Bonchev–Trinajstić information content (AvgIpc) is 2.18. The maximum absolute atomic E-state index is 13.8. The van der Waals surface area contributed by atoms with Crippen LogP contribution in [0.4, 0.5) is 4.39 Å². The standard InChI is InChI=1S/C13H15FN2/c1-8(15)5-10-6-11-4-3-9(2)16-13(11)12(14)7-10/h3-4,6-8H,5,15H2,1-2H3. The highest BCUT2D eigenvalue weighted by Crippen LogP contribution is 2.19. The maximum Gasteiger partial charge on any atom is 0.149 e. The van der Waals surface area contributed by atoms with Gasteiger partial charge in [-0.05, 0) is 44.0 Å². The lowest BCUT2D eigenvalue weighted by molar-refractivity contribution is 0.631. The van der Waals surface area contributed by atoms with E-state index in [1.54, 1.807) is 0 Å². The number of nitrogens with two attached hydrogens (primary N) is 1. The van der Waals surface area contributed by atoms with Gasteiger partial charge in [-0.25, -0.2) is 4.39 Å². The summed E-state index contributed by atoms with van der Waals surface area (Å²) in [6.45, 7) is 3.77. The smallest absolute Gasteiger partial charge is 0.149 e. The van der Waals surface area contributed by atoms with Crippen LogP contribution in [0.15, 0.2) is 24.3 Å². The Labute approximate surface area is 94.3 Å². The topological polar surface area (TPSA) is 38.9 Å². The van der Waals surface area contributed by atoms with Crippen molar-refractivity contribution in [1.29, 1.82) is 0 Å². The van der Waals surface area contributed by atoms with Crippen molar-refractivity contribution in [1.82, 2.24) is 4.98 Å². The van der Waals surface area contributed by atoms with E-state index in [9.17, 15) is 4.39 Å². The van der Waals surface area contributed by atoms with Crippen LogP contribution in [0.5, 0.6) is 0 Å². The zero-order valence-electron chi connectivity index (χ0n) is 9.50. The first-order chi connectivity index (χ1) is 7.56. The average molecular weight is 218 g/mol. The molecule has 0 fully saturated rings. The van der Waals surface area contributed by atoms with Crippen LogP contribution in [0, 0.1) is 12.7 Å². The third-order valence-electron chi connectivity index (χ3n) is 2.50. The Kier molecular flexibility index (Phi) is 2.88. The number of pyridine rings is 1. The Morgan fingerprint density at radius 3 is 2.81 bits per heavy atom. The molecule has 0 radical (unpaired) electrons. The lowest BCUT2D eigenvalue weighted by Gasteiger charge is -2.07. The second kappa shape index (κ2) is 4.18. The van der Waals surface area contributed by atoms with Crippen molar-refractivity contribution in [3.63, 3.8) is 0 Å². The quantitative estimate of drug-likeness (QED) is 0.841. The molecule has 84 valence electrons. The summed E-state index contributed by atoms with van der Waals surface area (Å²) in [5, 5.41) is 0.834. The minimum Gasteiger partial charge on any atom is -0.328 e. The van der Waals surface area contributed by atoms with Gasteiger partial charge in [0.1, 0.15) is 11.3 Å². The molecule has 0 aliphatic carbocycles. The molecule has 2 nitrogen and oxygen atoms in total. The summed E-state index contributed by atoms with van der Waals surface area (Å²) in [4.78, 5) is 4.19. The normalized spacial score (nSPS) is 13.0. The zero-order chi connectivity index (χ0) is 11.7. The van der Waals surface area contributed by atoms with E-state index in [0.29, 0.717) is 11.9 Å². The largest absolute Gasteiger partial charge is 0.328 e. The van der Waals surface area contributed by atoms with Crippen LogP contribution in [0.1, 0.15) is 18.2 Å². The molecule has 1 aromatic heterocycles. The van der Waals surface area contributed by atoms with Crippen molar-refractivity contribution in [2.45, 2.75) is 26.3 Å². The molecular weight excluding hydrogens is 203 g/mol. The van der Waals surface area contributed by atoms with Gasteiger partial charge in [-0.2, -0.15) is 0 Å². The van der Waals surface area contributed by atoms with Crippen LogP contribution in [0.2, 0.25) is 0 Å². The van der Waals surface area contributed by atoms with Crippen LogP contribution >= 0.6 is 0 Å². The number of nitrogens with zero attached hydrogens (tertiary/aromatic N) is 1. The van der Waals surface area contributed by atoms with E-state index in [2.05, 4.69) is 4.98 Å². The Hall–Kier alpha value is -1.48. The fraction of sp³-hybridized carbons (Fsp3) is 0.308. The molecule has 16 heavy (non-hydrogen) atoms. The molecule has 1 unspecified atom stereocenters. The highest BCUT2D eigenvalue weighted by atomic mass is 19.1. The Balaban J connectivity index is 2.55. The van der Waals surface area contributed by atoms with Crippen LogP contribution < -0.4 is 5.73 Å². The van der Waals surface area contributed by atoms with Crippen LogP contribution in [-0.2, 0) is 6.42 Å². The van der Waals surface area contributed by atoms with Gasteiger partial charge in [0.05, 0.1) is 0 Å². The highest BCUT2D eigenvalue weighted by molar-refractivity contribution is 5.80. The van der Waals surface area contributed by atoms with Crippen molar-refractivity contribution in [2.24, 2.45) is 5.73 Å². The van der Waals surface area contributed by atoms with E-state index in [1.807, 2.05) is 32.0 Å². The van der Waals surface area contributed by atoms with E-state index < -0.39 is 0 Å². The molecule has 2 rings (SSSR count). The van der Waals surface area contributed by atoms with Gasteiger partial charge in [0.25, 0.3) is 0 Å². The molecule has 1 aromatic carbocycles. The molecule has 2 N–H and O–H groups in total. The van der Waals surface area contributed by atoms with Crippen LogP contribution in [0.3, 0.4) is 0 Å². The van der Waals surface area contributed by atoms with Crippen molar-refractivity contribution in [2.75, 3.05) is 0 Å². The molecule has 1 atom stereocenters. The summed E-state index contributed by atoms with van der Waals surface area (Å²) in [6, 6.07) is 7.30. The highest BCUT2D eigenvalue weighted by Gasteiger charge is 2.06. The molecule has 0 aliphatic rings. The summed E-state index contributed by atoms with van der Waals surface area (Å²) < 4.78 is 13.8. The minimum atomic E-state index is -0.267. The number of hydrogen-bond donors (Lipinski definition) is 1. The second-order valence-electron chi connectivity index (χ2n) is 4.28. The number of rotatable bonds is 2. The lowest BCUT2D eigenvalue weighted by atomic mass is 10.0. The Morgan fingerprint density at radius 2 is 2.12 bits per heavy atom. The monoisotopic (exact) mass is 218 g/mol. The summed E-state index contributed by atoms with van der Waals surface area (Å²) >= 11 is 0. The summed E-state index contributed by atoms with van der Waals surface area (Å²) in [5.41, 5.74) is 7.89. The zero-order valence-corrected chi connectivity index (χ0v) is 9.50. The van der Waals surface area contributed by atoms with Gasteiger partial charge in [-0.3, -0.25) is 4.98 Å². The van der Waals surface area contributed by atoms with Crippen LogP contribution in [-0.4, -0.2) is 11.0 Å². The molecular formula is C13H15FN2. The van der Waals surface area contributed by atoms with E-state index in [0.717, 1.165) is 16.6 Å². The fourth-order valence-corrected chi connectivity index (χ4v) is 1.84. The van der Waals surface area contributed by atoms with Crippen molar-refractivity contribution in [3.05, 3.63) is 41.3 Å². The predicted octanol–water partition coefficient (Wildman–Crippen LogP) is 2.57. The fourth-order valence-electron chi connectivity index (χ4n) is 1.84. The Bertz CT molecular complexity index is 521. The summed E-state index contributed by atoms with van der Waals surface area (Å²) in [5.74, 6) is -0.267. The SMILES string of the molecule is Cc1ccc2cc(CC(C)N)cc(F)c2n1. The van der Waals surface area contributed by atoms with Crippen LogP contribution in [0.25, 0.3) is 10.9 Å². The molecule has 0 aliphatic heterocycles. The molecule has 0 spiro atoms. The van der Waals surface area contributed by atoms with Gasteiger partial charge in [0.2, 0.25) is 0 Å². The first-order valence-electron chi connectivity index (χ1n) is 5.37. The second-order valence-corrected chi connectivity index (χ2v) is 4.28. The number of hydrogen-bond acceptors (Lipinski definition) is 2. The van der Waals surface area contributed by atoms with Gasteiger partial charge in [-0.1, -0.05) is 6.07 Å². The number of aryl methyl sites for hydroxylation is 1. The van der Waals surface area contributed by atoms with Gasteiger partial charge in [0.15, 0.2) is 0 Å². The molecule has 2 aromatic rings. The third kappa shape index (κ3) is 2.19. The number of benzene rings is 1. The summed E-state index contributed by atoms with van der Waals surface area (Å²) in [6.07, 6.45) is 0.681.